The Kier molecular flexibility index (Phi) is 3.76. The molecule has 0 aliphatic heterocycles. The molecule has 4 heteroatoms. The van der Waals surface area contributed by atoms with Gasteiger partial charge in [0.2, 0.25) is 0 Å². The summed E-state index contributed by atoms with van der Waals surface area (Å²) in [5, 5.41) is 10.6. The van der Waals surface area contributed by atoms with Gasteiger partial charge in [-0.25, -0.2) is 0 Å². The summed E-state index contributed by atoms with van der Waals surface area (Å²) in [7, 11) is 3.88. The number of hydrogen-bond donors (Lipinski definition) is 2. The molecule has 0 amide bonds. The second kappa shape index (κ2) is 4.55. The minimum atomic E-state index is -0.147. The Bertz CT molecular complexity index is 342. The van der Waals surface area contributed by atoms with Crippen LogP contribution in [0, 0.1) is 0 Å². The number of nitrogens with one attached hydrogen (secondary N) is 2. The average molecular weight is 225 g/mol. The van der Waals surface area contributed by atoms with E-state index >= 15 is 0 Å². The van der Waals surface area contributed by atoms with Gasteiger partial charge in [0.15, 0.2) is 0 Å². The van der Waals surface area contributed by atoms with Gasteiger partial charge in [-0.15, -0.1) is 0 Å². The first-order valence-electron chi connectivity index (χ1n) is 5.64. The fraction of sp³-hybridized carbons (Fsp3) is 0.750. The fourth-order valence-corrected chi connectivity index (χ4v) is 1.34. The van der Waals surface area contributed by atoms with Gasteiger partial charge in [-0.05, 0) is 41.8 Å². The Morgan fingerprint density at radius 3 is 2.31 bits per heavy atom. The zero-order valence-electron chi connectivity index (χ0n) is 11.1. The van der Waals surface area contributed by atoms with Crippen LogP contribution in [0.3, 0.4) is 0 Å². The van der Waals surface area contributed by atoms with Gasteiger partial charge in [-0.2, -0.15) is 0 Å². The van der Waals surface area contributed by atoms with Crippen molar-refractivity contribution < 1.29 is 4.52 Å². The maximum absolute atomic E-state index is 5.36. The molecule has 1 aromatic rings. The molecule has 92 valence electrons. The van der Waals surface area contributed by atoms with E-state index in [9.17, 15) is 0 Å². The van der Waals surface area contributed by atoms with E-state index in [-0.39, 0.29) is 11.1 Å². The molecule has 0 unspecified atom stereocenters. The topological polar surface area (TPSA) is 50.1 Å². The van der Waals surface area contributed by atoms with Crippen LogP contribution in [0.5, 0.6) is 0 Å². The summed E-state index contributed by atoms with van der Waals surface area (Å²) in [6.45, 7) is 8.44. The van der Waals surface area contributed by atoms with E-state index in [4.69, 9.17) is 4.52 Å². The smallest absolute Gasteiger partial charge is 0.138 e. The normalized spacial score (nSPS) is 13.1. The van der Waals surface area contributed by atoms with Crippen LogP contribution in [0.25, 0.3) is 0 Å². The molecule has 2 N–H and O–H groups in total. The fourth-order valence-electron chi connectivity index (χ4n) is 1.34. The molecule has 0 saturated carbocycles. The van der Waals surface area contributed by atoms with Crippen molar-refractivity contribution in [3.8, 4) is 0 Å². The molecule has 0 saturated heterocycles. The third-order valence-corrected chi connectivity index (χ3v) is 3.12. The molecule has 16 heavy (non-hydrogen) atoms. The Morgan fingerprint density at radius 1 is 1.19 bits per heavy atom. The van der Waals surface area contributed by atoms with Crippen molar-refractivity contribution in [1.29, 1.82) is 0 Å². The van der Waals surface area contributed by atoms with E-state index < -0.39 is 0 Å². The number of hydrogen-bond acceptors (Lipinski definition) is 4. The van der Waals surface area contributed by atoms with Crippen LogP contribution in [-0.2, 0) is 12.0 Å². The van der Waals surface area contributed by atoms with Crippen LogP contribution < -0.4 is 10.6 Å². The molecule has 0 atom stereocenters. The average Bonchev–Trinajstić information content (AvgIpc) is 2.66. The number of nitrogens with zero attached hydrogens (tertiary/aromatic N) is 1. The van der Waals surface area contributed by atoms with Crippen molar-refractivity contribution in [2.75, 3.05) is 14.1 Å². The molecule has 0 aliphatic rings. The van der Waals surface area contributed by atoms with E-state index in [1.54, 1.807) is 0 Å². The van der Waals surface area contributed by atoms with Gasteiger partial charge in [-0.3, -0.25) is 0 Å². The van der Waals surface area contributed by atoms with Crippen molar-refractivity contribution in [2.45, 2.75) is 45.2 Å². The van der Waals surface area contributed by atoms with E-state index in [1.807, 2.05) is 20.2 Å². The minimum absolute atomic E-state index is 0.0284. The highest BCUT2D eigenvalue weighted by molar-refractivity contribution is 5.15. The van der Waals surface area contributed by atoms with Crippen LogP contribution in [-0.4, -0.2) is 24.8 Å². The van der Waals surface area contributed by atoms with E-state index in [0.717, 1.165) is 17.9 Å². The number of aromatic nitrogens is 1. The lowest BCUT2D eigenvalue weighted by Crippen LogP contribution is -2.38. The molecule has 0 radical (unpaired) electrons. The third kappa shape index (κ3) is 3.06. The lowest BCUT2D eigenvalue weighted by Gasteiger charge is -2.22. The Morgan fingerprint density at radius 2 is 1.81 bits per heavy atom. The summed E-state index contributed by atoms with van der Waals surface area (Å²) in [4.78, 5) is 0. The lowest BCUT2D eigenvalue weighted by molar-refractivity contribution is 0.316. The maximum atomic E-state index is 5.36. The van der Waals surface area contributed by atoms with Crippen LogP contribution >= 0.6 is 0 Å². The molecule has 1 heterocycles. The Hall–Kier alpha value is -0.870. The van der Waals surface area contributed by atoms with Crippen molar-refractivity contribution >= 4 is 0 Å². The van der Waals surface area contributed by atoms with Crippen LogP contribution in [0.2, 0.25) is 0 Å². The molecule has 0 aromatic carbocycles. The predicted molar refractivity (Wildman–Crippen MR) is 65.4 cm³/mol. The maximum Gasteiger partial charge on any atom is 0.138 e. The first kappa shape index (κ1) is 13.2. The molecule has 1 aromatic heterocycles. The largest absolute Gasteiger partial charge is 0.361 e. The molecule has 4 nitrogen and oxygen atoms in total. The lowest BCUT2D eigenvalue weighted by atomic mass is 9.97. The SMILES string of the molecule is CNC(C)(C)Cc1cc(C(C)(C)NC)no1. The molecular weight excluding hydrogens is 202 g/mol. The summed E-state index contributed by atoms with van der Waals surface area (Å²) in [5.74, 6) is 0.915. The second-order valence-corrected chi connectivity index (χ2v) is 5.36. The highest BCUT2D eigenvalue weighted by atomic mass is 16.5. The van der Waals surface area contributed by atoms with Crippen molar-refractivity contribution in [3.63, 3.8) is 0 Å². The standard InChI is InChI=1S/C12H23N3O/c1-11(2,13-5)8-9-7-10(15-16-9)12(3,4)14-6/h7,13-14H,8H2,1-6H3. The number of rotatable bonds is 5. The van der Waals surface area contributed by atoms with Crippen molar-refractivity contribution in [2.24, 2.45) is 0 Å². The van der Waals surface area contributed by atoms with Crippen molar-refractivity contribution in [3.05, 3.63) is 17.5 Å². The van der Waals surface area contributed by atoms with E-state index in [2.05, 4.69) is 43.5 Å². The van der Waals surface area contributed by atoms with Gasteiger partial charge < -0.3 is 15.2 Å². The third-order valence-electron chi connectivity index (χ3n) is 3.12. The quantitative estimate of drug-likeness (QED) is 0.800. The first-order chi connectivity index (χ1) is 7.30. The van der Waals surface area contributed by atoms with Gasteiger partial charge in [0.05, 0.1) is 5.54 Å². The first-order valence-corrected chi connectivity index (χ1v) is 5.64. The summed E-state index contributed by atoms with van der Waals surface area (Å²) in [5.41, 5.74) is 0.823. The molecule has 0 aliphatic carbocycles. The van der Waals surface area contributed by atoms with Crippen molar-refractivity contribution in [1.82, 2.24) is 15.8 Å². The van der Waals surface area contributed by atoms with Gasteiger partial charge in [0.25, 0.3) is 0 Å². The summed E-state index contributed by atoms with van der Waals surface area (Å²) in [6, 6.07) is 2.02. The van der Waals surface area contributed by atoms with E-state index in [1.165, 1.54) is 0 Å². The molecular formula is C12H23N3O. The summed E-state index contributed by atoms with van der Waals surface area (Å²) >= 11 is 0. The molecule has 0 bridgehead atoms. The van der Waals surface area contributed by atoms with Crippen LogP contribution in [0.15, 0.2) is 10.6 Å². The van der Waals surface area contributed by atoms with Gasteiger partial charge in [0.1, 0.15) is 11.5 Å². The molecule has 1 rings (SSSR count). The van der Waals surface area contributed by atoms with Gasteiger partial charge in [-0.1, -0.05) is 5.16 Å². The Balaban J connectivity index is 2.80. The van der Waals surface area contributed by atoms with E-state index in [0.29, 0.717) is 0 Å². The zero-order valence-corrected chi connectivity index (χ0v) is 11.1. The summed E-state index contributed by atoms with van der Waals surface area (Å²) < 4.78 is 5.36. The second-order valence-electron chi connectivity index (χ2n) is 5.36. The summed E-state index contributed by atoms with van der Waals surface area (Å²) in [6.07, 6.45) is 0.830. The highest BCUT2D eigenvalue weighted by Gasteiger charge is 2.24. The highest BCUT2D eigenvalue weighted by Crippen LogP contribution is 2.21. The van der Waals surface area contributed by atoms with Gasteiger partial charge in [0, 0.05) is 18.0 Å². The van der Waals surface area contributed by atoms with Crippen LogP contribution in [0.1, 0.15) is 39.1 Å². The number of likely N-dealkylation sites (N-methyl/N-ethyl adjacent to an activating group) is 1. The predicted octanol–water partition coefficient (Wildman–Crippen LogP) is 1.67. The molecule has 0 fully saturated rings. The minimum Gasteiger partial charge on any atom is -0.361 e. The van der Waals surface area contributed by atoms with Crippen LogP contribution in [0.4, 0.5) is 0 Å². The molecule has 0 spiro atoms. The van der Waals surface area contributed by atoms with Gasteiger partial charge >= 0.3 is 0 Å². The zero-order chi connectivity index (χ0) is 12.4. The Labute approximate surface area is 97.8 Å². The monoisotopic (exact) mass is 225 g/mol.